The molecule has 0 spiro atoms. The number of para-hydroxylation sites is 1. The quantitative estimate of drug-likeness (QED) is 0.855. The van der Waals surface area contributed by atoms with Crippen molar-refractivity contribution in [3.8, 4) is 0 Å². The van der Waals surface area contributed by atoms with Crippen LogP contribution in [0.3, 0.4) is 0 Å². The number of aromatic nitrogens is 1. The Kier molecular flexibility index (Phi) is 5.12. The maximum Gasteiger partial charge on any atom is 0.254 e. The Bertz CT molecular complexity index is 574. The van der Waals surface area contributed by atoms with Crippen molar-refractivity contribution in [1.29, 1.82) is 0 Å². The molecule has 104 valence electrons. The lowest BCUT2D eigenvalue weighted by molar-refractivity contribution is 0.0953. The first-order valence-electron chi connectivity index (χ1n) is 6.33. The number of carbonyl (C=O) groups excluding carboxylic acids is 1. The van der Waals surface area contributed by atoms with Crippen molar-refractivity contribution in [3.63, 3.8) is 0 Å². The van der Waals surface area contributed by atoms with Gasteiger partial charge in [0.05, 0.1) is 5.56 Å². The number of likely N-dealkylation sites (N-methyl/N-ethyl adjacent to an activating group) is 1. The van der Waals surface area contributed by atoms with Gasteiger partial charge in [-0.2, -0.15) is 0 Å². The zero-order valence-corrected chi connectivity index (χ0v) is 12.8. The Labute approximate surface area is 127 Å². The molecular formula is C15H16BrN3O. The molecule has 0 unspecified atom stereocenters. The molecule has 1 heterocycles. The van der Waals surface area contributed by atoms with Crippen LogP contribution >= 0.6 is 15.9 Å². The van der Waals surface area contributed by atoms with E-state index >= 15 is 0 Å². The Hall–Kier alpha value is -1.88. The van der Waals surface area contributed by atoms with Crippen molar-refractivity contribution in [2.24, 2.45) is 0 Å². The van der Waals surface area contributed by atoms with E-state index in [0.717, 1.165) is 12.2 Å². The first-order chi connectivity index (χ1) is 9.68. The van der Waals surface area contributed by atoms with E-state index in [9.17, 15) is 4.79 Å². The van der Waals surface area contributed by atoms with Crippen LogP contribution in [0.5, 0.6) is 0 Å². The van der Waals surface area contributed by atoms with E-state index in [1.165, 1.54) is 0 Å². The predicted molar refractivity (Wildman–Crippen MR) is 84.0 cm³/mol. The maximum atomic E-state index is 12.0. The van der Waals surface area contributed by atoms with Crippen LogP contribution in [-0.4, -0.2) is 31.0 Å². The number of carbonyl (C=O) groups is 1. The minimum absolute atomic E-state index is 0.119. The number of benzene rings is 1. The van der Waals surface area contributed by atoms with Gasteiger partial charge >= 0.3 is 0 Å². The highest BCUT2D eigenvalue weighted by Gasteiger charge is 2.09. The van der Waals surface area contributed by atoms with Gasteiger partial charge in [0, 0.05) is 32.0 Å². The van der Waals surface area contributed by atoms with E-state index in [2.05, 4.69) is 31.1 Å². The van der Waals surface area contributed by atoms with Gasteiger partial charge in [-0.3, -0.25) is 4.79 Å². The molecule has 0 atom stereocenters. The Balaban J connectivity index is 1.84. The van der Waals surface area contributed by atoms with Crippen molar-refractivity contribution >= 4 is 27.5 Å². The summed E-state index contributed by atoms with van der Waals surface area (Å²) in [4.78, 5) is 18.1. The van der Waals surface area contributed by atoms with Crippen molar-refractivity contribution in [3.05, 3.63) is 58.8 Å². The number of nitrogens with zero attached hydrogens (tertiary/aromatic N) is 2. The van der Waals surface area contributed by atoms with Crippen LogP contribution < -0.4 is 10.2 Å². The average molecular weight is 334 g/mol. The summed E-state index contributed by atoms with van der Waals surface area (Å²) in [7, 11) is 2.00. The second-order valence-corrected chi connectivity index (χ2v) is 5.11. The average Bonchev–Trinajstić information content (AvgIpc) is 2.48. The summed E-state index contributed by atoms with van der Waals surface area (Å²) in [6, 6.07) is 13.6. The maximum absolute atomic E-state index is 12.0. The van der Waals surface area contributed by atoms with Gasteiger partial charge in [0.1, 0.15) is 4.60 Å². The lowest BCUT2D eigenvalue weighted by Gasteiger charge is -2.19. The van der Waals surface area contributed by atoms with Gasteiger partial charge in [-0.25, -0.2) is 4.98 Å². The largest absolute Gasteiger partial charge is 0.373 e. The van der Waals surface area contributed by atoms with Crippen LogP contribution in [0, 0.1) is 0 Å². The molecule has 0 aliphatic heterocycles. The van der Waals surface area contributed by atoms with Crippen molar-refractivity contribution in [2.75, 3.05) is 25.0 Å². The fraction of sp³-hybridized carbons (Fsp3) is 0.200. The van der Waals surface area contributed by atoms with E-state index in [1.807, 2.05) is 37.4 Å². The van der Waals surface area contributed by atoms with Crippen molar-refractivity contribution in [1.82, 2.24) is 10.3 Å². The molecule has 4 nitrogen and oxygen atoms in total. The molecule has 0 saturated heterocycles. The minimum Gasteiger partial charge on any atom is -0.373 e. The zero-order valence-electron chi connectivity index (χ0n) is 11.2. The Morgan fingerprint density at radius 1 is 1.25 bits per heavy atom. The van der Waals surface area contributed by atoms with Gasteiger partial charge in [0.15, 0.2) is 0 Å². The topological polar surface area (TPSA) is 45.2 Å². The SMILES string of the molecule is CN(CCNC(=O)c1cccnc1Br)c1ccccc1. The number of pyridine rings is 1. The van der Waals surface area contributed by atoms with E-state index in [1.54, 1.807) is 18.3 Å². The molecule has 0 saturated carbocycles. The molecule has 0 fully saturated rings. The number of amides is 1. The summed E-state index contributed by atoms with van der Waals surface area (Å²) < 4.78 is 0.564. The third-order valence-electron chi connectivity index (χ3n) is 2.93. The molecule has 0 aliphatic carbocycles. The van der Waals surface area contributed by atoms with E-state index in [4.69, 9.17) is 0 Å². The molecule has 0 aliphatic rings. The highest BCUT2D eigenvalue weighted by Crippen LogP contribution is 2.12. The van der Waals surface area contributed by atoms with Crippen LogP contribution in [0.2, 0.25) is 0 Å². The zero-order chi connectivity index (χ0) is 14.4. The molecule has 20 heavy (non-hydrogen) atoms. The number of hydrogen-bond donors (Lipinski definition) is 1. The van der Waals surface area contributed by atoms with Crippen LogP contribution in [0.1, 0.15) is 10.4 Å². The van der Waals surface area contributed by atoms with E-state index in [-0.39, 0.29) is 5.91 Å². The van der Waals surface area contributed by atoms with Crippen LogP contribution in [0.25, 0.3) is 0 Å². The second kappa shape index (κ2) is 7.05. The fourth-order valence-electron chi connectivity index (χ4n) is 1.80. The second-order valence-electron chi connectivity index (χ2n) is 4.35. The van der Waals surface area contributed by atoms with Crippen LogP contribution in [-0.2, 0) is 0 Å². The van der Waals surface area contributed by atoms with Gasteiger partial charge in [-0.1, -0.05) is 18.2 Å². The molecular weight excluding hydrogens is 318 g/mol. The summed E-state index contributed by atoms with van der Waals surface area (Å²) in [6.07, 6.45) is 1.64. The van der Waals surface area contributed by atoms with Crippen molar-refractivity contribution in [2.45, 2.75) is 0 Å². The molecule has 0 radical (unpaired) electrons. The monoisotopic (exact) mass is 333 g/mol. The van der Waals surface area contributed by atoms with Gasteiger partial charge in [0.2, 0.25) is 0 Å². The molecule has 0 bridgehead atoms. The highest BCUT2D eigenvalue weighted by molar-refractivity contribution is 9.10. The number of hydrogen-bond acceptors (Lipinski definition) is 3. The Morgan fingerprint density at radius 2 is 2.00 bits per heavy atom. The van der Waals surface area contributed by atoms with Gasteiger partial charge in [-0.15, -0.1) is 0 Å². The predicted octanol–water partition coefficient (Wildman–Crippen LogP) is 2.71. The minimum atomic E-state index is -0.119. The van der Waals surface area contributed by atoms with E-state index in [0.29, 0.717) is 16.7 Å². The van der Waals surface area contributed by atoms with Crippen LogP contribution in [0.4, 0.5) is 5.69 Å². The molecule has 5 heteroatoms. The molecule has 1 aromatic heterocycles. The number of halogens is 1. The first-order valence-corrected chi connectivity index (χ1v) is 7.12. The van der Waals surface area contributed by atoms with Gasteiger partial charge < -0.3 is 10.2 Å². The summed E-state index contributed by atoms with van der Waals surface area (Å²) in [6.45, 7) is 1.32. The standard InChI is InChI=1S/C15H16BrN3O/c1-19(12-6-3-2-4-7-12)11-10-18-15(20)13-8-5-9-17-14(13)16/h2-9H,10-11H2,1H3,(H,18,20). The first kappa shape index (κ1) is 14.5. The summed E-state index contributed by atoms with van der Waals surface area (Å²) >= 11 is 3.27. The summed E-state index contributed by atoms with van der Waals surface area (Å²) in [5, 5.41) is 2.89. The van der Waals surface area contributed by atoms with Gasteiger partial charge in [0.25, 0.3) is 5.91 Å². The van der Waals surface area contributed by atoms with Crippen LogP contribution in [0.15, 0.2) is 53.3 Å². The molecule has 2 rings (SSSR count). The number of nitrogens with one attached hydrogen (secondary N) is 1. The van der Waals surface area contributed by atoms with Gasteiger partial charge in [-0.05, 0) is 40.2 Å². The summed E-state index contributed by atoms with van der Waals surface area (Å²) in [5.74, 6) is -0.119. The molecule has 1 aromatic carbocycles. The lowest BCUT2D eigenvalue weighted by Crippen LogP contribution is -2.33. The Morgan fingerprint density at radius 3 is 2.70 bits per heavy atom. The number of anilines is 1. The fourth-order valence-corrected chi connectivity index (χ4v) is 2.23. The lowest BCUT2D eigenvalue weighted by atomic mass is 10.2. The molecule has 1 N–H and O–H groups in total. The summed E-state index contributed by atoms with van der Waals surface area (Å²) in [5.41, 5.74) is 1.68. The normalized spacial score (nSPS) is 10.1. The third kappa shape index (κ3) is 3.81. The van der Waals surface area contributed by atoms with Crippen molar-refractivity contribution < 1.29 is 4.79 Å². The highest BCUT2D eigenvalue weighted by atomic mass is 79.9. The third-order valence-corrected chi connectivity index (χ3v) is 3.57. The molecule has 1 amide bonds. The smallest absolute Gasteiger partial charge is 0.254 e. The van der Waals surface area contributed by atoms with E-state index < -0.39 is 0 Å². The molecule has 2 aromatic rings. The number of rotatable bonds is 5.